The molecule has 1 aromatic carbocycles. The van der Waals surface area contributed by atoms with Gasteiger partial charge in [-0.15, -0.1) is 15.3 Å². The third kappa shape index (κ3) is 4.20. The highest BCUT2D eigenvalue weighted by molar-refractivity contribution is 7.89. The molecule has 162 valence electrons. The highest BCUT2D eigenvalue weighted by Gasteiger charge is 2.21. The van der Waals surface area contributed by atoms with E-state index in [1.54, 1.807) is 37.6 Å². The predicted octanol–water partition coefficient (Wildman–Crippen LogP) is 1.50. The average molecular weight is 443 g/mol. The summed E-state index contributed by atoms with van der Waals surface area (Å²) in [6, 6.07) is 10.8. The monoisotopic (exact) mass is 443 g/mol. The van der Waals surface area contributed by atoms with Gasteiger partial charge in [0.1, 0.15) is 17.3 Å². The van der Waals surface area contributed by atoms with Gasteiger partial charge in [0.2, 0.25) is 15.9 Å². The van der Waals surface area contributed by atoms with Gasteiger partial charge in [-0.05, 0) is 44.2 Å². The van der Waals surface area contributed by atoms with Gasteiger partial charge < -0.3 is 9.47 Å². The summed E-state index contributed by atoms with van der Waals surface area (Å²) < 4.78 is 39.8. The van der Waals surface area contributed by atoms with Gasteiger partial charge in [0.05, 0.1) is 18.5 Å². The minimum absolute atomic E-state index is 0.0691. The van der Waals surface area contributed by atoms with Crippen molar-refractivity contribution in [3.05, 3.63) is 47.8 Å². The zero-order valence-corrected chi connectivity index (χ0v) is 18.0. The van der Waals surface area contributed by atoms with Crippen LogP contribution in [-0.4, -0.2) is 58.7 Å². The van der Waals surface area contributed by atoms with Crippen LogP contribution in [0.2, 0.25) is 0 Å². The van der Waals surface area contributed by atoms with E-state index < -0.39 is 10.0 Å². The molecule has 0 fully saturated rings. The van der Waals surface area contributed by atoms with E-state index in [0.29, 0.717) is 28.7 Å². The Hall–Kier alpha value is -3.51. The number of H-pyrrole nitrogens is 1. The number of fused-ring (bicyclic) bond motifs is 1. The van der Waals surface area contributed by atoms with Gasteiger partial charge in [0, 0.05) is 18.2 Å². The lowest BCUT2D eigenvalue weighted by molar-refractivity contribution is 0.306. The van der Waals surface area contributed by atoms with E-state index in [1.807, 2.05) is 24.3 Å². The Bertz CT molecular complexity index is 1290. The summed E-state index contributed by atoms with van der Waals surface area (Å²) >= 11 is 0. The Balaban J connectivity index is 1.44. The van der Waals surface area contributed by atoms with Crippen molar-refractivity contribution in [1.29, 1.82) is 0 Å². The van der Waals surface area contributed by atoms with Crippen LogP contribution in [0, 0.1) is 13.8 Å². The normalized spacial score (nSPS) is 11.7. The topological polar surface area (TPSA) is 136 Å². The molecule has 3 heterocycles. The summed E-state index contributed by atoms with van der Waals surface area (Å²) in [6.07, 6.45) is 0. The van der Waals surface area contributed by atoms with E-state index in [0.717, 1.165) is 11.3 Å². The molecule has 3 aromatic heterocycles. The van der Waals surface area contributed by atoms with Crippen molar-refractivity contribution in [2.24, 2.45) is 0 Å². The van der Waals surface area contributed by atoms with E-state index in [4.69, 9.17) is 9.47 Å². The third-order valence-corrected chi connectivity index (χ3v) is 6.28. The number of aromatic amines is 1. The van der Waals surface area contributed by atoms with Crippen LogP contribution >= 0.6 is 0 Å². The first-order valence-electron chi connectivity index (χ1n) is 9.40. The van der Waals surface area contributed by atoms with Crippen LogP contribution in [0.25, 0.3) is 17.0 Å². The summed E-state index contributed by atoms with van der Waals surface area (Å²) in [5.74, 6) is 1.60. The van der Waals surface area contributed by atoms with Crippen LogP contribution < -0.4 is 14.2 Å². The largest absolute Gasteiger partial charge is 0.497 e. The van der Waals surface area contributed by atoms with Crippen LogP contribution in [0.1, 0.15) is 11.4 Å². The number of methoxy groups -OCH3 is 1. The fourth-order valence-corrected chi connectivity index (χ4v) is 4.49. The number of hydrogen-bond donors (Lipinski definition) is 2. The Morgan fingerprint density at radius 3 is 2.55 bits per heavy atom. The van der Waals surface area contributed by atoms with E-state index >= 15 is 0 Å². The molecule has 2 N–H and O–H groups in total. The molecule has 4 aromatic rings. The van der Waals surface area contributed by atoms with Crippen molar-refractivity contribution in [2.45, 2.75) is 18.7 Å². The summed E-state index contributed by atoms with van der Waals surface area (Å²) in [5.41, 5.74) is 2.27. The zero-order chi connectivity index (χ0) is 22.0. The molecular formula is C19H21N7O4S. The Morgan fingerprint density at radius 1 is 1.10 bits per heavy atom. The molecule has 0 saturated heterocycles. The number of nitrogens with zero attached hydrogens (tertiary/aromatic N) is 5. The van der Waals surface area contributed by atoms with E-state index in [2.05, 4.69) is 30.2 Å². The predicted molar refractivity (Wildman–Crippen MR) is 112 cm³/mol. The first kappa shape index (κ1) is 20.8. The van der Waals surface area contributed by atoms with Crippen LogP contribution in [0.3, 0.4) is 0 Å². The number of ether oxygens (including phenoxy) is 2. The summed E-state index contributed by atoms with van der Waals surface area (Å²) in [7, 11) is -2.09. The highest BCUT2D eigenvalue weighted by atomic mass is 32.2. The fourth-order valence-electron chi connectivity index (χ4n) is 3.11. The van der Waals surface area contributed by atoms with Crippen LogP contribution in [-0.2, 0) is 10.0 Å². The van der Waals surface area contributed by atoms with Gasteiger partial charge in [-0.2, -0.15) is 9.61 Å². The first-order chi connectivity index (χ1) is 14.9. The third-order valence-electron chi connectivity index (χ3n) is 4.56. The molecule has 0 unspecified atom stereocenters. The van der Waals surface area contributed by atoms with Crippen molar-refractivity contribution in [3.63, 3.8) is 0 Å². The molecule has 0 bridgehead atoms. The maximum atomic E-state index is 12.5. The van der Waals surface area contributed by atoms with E-state index in [9.17, 15) is 8.42 Å². The van der Waals surface area contributed by atoms with Gasteiger partial charge in [0.25, 0.3) is 0 Å². The smallest absolute Gasteiger partial charge is 0.244 e. The van der Waals surface area contributed by atoms with Crippen molar-refractivity contribution >= 4 is 15.7 Å². The molecule has 0 aliphatic rings. The average Bonchev–Trinajstić information content (AvgIpc) is 3.34. The SMILES string of the molecule is COc1ccc(-c2nnc3ccc(OCCNS(=O)(=O)c4c(C)n[nH]c4C)nn23)cc1. The molecule has 0 aliphatic carbocycles. The molecule has 0 spiro atoms. The number of benzene rings is 1. The molecule has 0 atom stereocenters. The highest BCUT2D eigenvalue weighted by Crippen LogP contribution is 2.22. The van der Waals surface area contributed by atoms with Crippen molar-refractivity contribution in [1.82, 2.24) is 34.7 Å². The Labute approximate surface area is 178 Å². The number of nitrogens with one attached hydrogen (secondary N) is 2. The van der Waals surface area contributed by atoms with Gasteiger partial charge in [-0.25, -0.2) is 13.1 Å². The number of aryl methyl sites for hydroxylation is 2. The van der Waals surface area contributed by atoms with Gasteiger partial charge >= 0.3 is 0 Å². The minimum atomic E-state index is -3.69. The Kier molecular flexibility index (Phi) is 5.57. The second-order valence-corrected chi connectivity index (χ2v) is 8.41. The number of hydrogen-bond acceptors (Lipinski definition) is 8. The summed E-state index contributed by atoms with van der Waals surface area (Å²) in [6.45, 7) is 3.45. The van der Waals surface area contributed by atoms with Crippen molar-refractivity contribution < 1.29 is 17.9 Å². The van der Waals surface area contributed by atoms with Crippen LogP contribution in [0.15, 0.2) is 41.3 Å². The van der Waals surface area contributed by atoms with Gasteiger partial charge in [0.15, 0.2) is 11.5 Å². The number of sulfonamides is 1. The molecule has 0 radical (unpaired) electrons. The molecule has 0 aliphatic heterocycles. The lowest BCUT2D eigenvalue weighted by Gasteiger charge is -2.08. The first-order valence-corrected chi connectivity index (χ1v) is 10.9. The maximum Gasteiger partial charge on any atom is 0.244 e. The van der Waals surface area contributed by atoms with E-state index in [1.165, 1.54) is 0 Å². The molecule has 11 nitrogen and oxygen atoms in total. The lowest BCUT2D eigenvalue weighted by atomic mass is 10.2. The van der Waals surface area contributed by atoms with Crippen molar-refractivity contribution in [2.75, 3.05) is 20.3 Å². The molecule has 4 rings (SSSR count). The Morgan fingerprint density at radius 2 is 1.87 bits per heavy atom. The maximum absolute atomic E-state index is 12.5. The van der Waals surface area contributed by atoms with E-state index in [-0.39, 0.29) is 18.0 Å². The quantitative estimate of drug-likeness (QED) is 0.391. The second-order valence-electron chi connectivity index (χ2n) is 6.70. The fraction of sp³-hybridized carbons (Fsp3) is 0.263. The molecule has 12 heteroatoms. The number of aromatic nitrogens is 6. The lowest BCUT2D eigenvalue weighted by Crippen LogP contribution is -2.29. The van der Waals surface area contributed by atoms with Crippen LogP contribution in [0.5, 0.6) is 11.6 Å². The van der Waals surface area contributed by atoms with Gasteiger partial charge in [-0.3, -0.25) is 5.10 Å². The zero-order valence-electron chi connectivity index (χ0n) is 17.2. The second kappa shape index (κ2) is 8.32. The van der Waals surface area contributed by atoms with Gasteiger partial charge in [-0.1, -0.05) is 0 Å². The van der Waals surface area contributed by atoms with Crippen LogP contribution in [0.4, 0.5) is 0 Å². The number of rotatable bonds is 8. The summed E-state index contributed by atoms with van der Waals surface area (Å²) in [5, 5.41) is 19.3. The molecular weight excluding hydrogens is 422 g/mol. The molecule has 31 heavy (non-hydrogen) atoms. The minimum Gasteiger partial charge on any atom is -0.497 e. The summed E-state index contributed by atoms with van der Waals surface area (Å²) in [4.78, 5) is 0.153. The molecule has 0 amide bonds. The van der Waals surface area contributed by atoms with Crippen molar-refractivity contribution in [3.8, 4) is 23.0 Å². The molecule has 0 saturated carbocycles. The standard InChI is InChI=1S/C19H21N7O4S/c1-12-18(13(2)22-21-12)31(27,28)20-10-11-30-17-9-8-16-23-24-19(26(16)25-17)14-4-6-15(29-3)7-5-14/h4-9,20H,10-11H2,1-3H3,(H,21,22).